The summed E-state index contributed by atoms with van der Waals surface area (Å²) in [5, 5.41) is 16.5. The summed E-state index contributed by atoms with van der Waals surface area (Å²) < 4.78 is 32.4. The van der Waals surface area contributed by atoms with Crippen LogP contribution >= 0.6 is 11.3 Å². The summed E-state index contributed by atoms with van der Waals surface area (Å²) in [6.07, 6.45) is 1.81. The van der Waals surface area contributed by atoms with Gasteiger partial charge in [0.05, 0.1) is 0 Å². The van der Waals surface area contributed by atoms with E-state index in [0.717, 1.165) is 17.7 Å². The highest BCUT2D eigenvalue weighted by Crippen LogP contribution is 2.46. The number of thiophene rings is 1. The predicted molar refractivity (Wildman–Crippen MR) is 82.1 cm³/mol. The molecule has 120 valence electrons. The molecule has 0 amide bonds. The van der Waals surface area contributed by atoms with Crippen molar-refractivity contribution >= 4 is 21.4 Å². The number of aryl methyl sites for hydroxylation is 2. The van der Waals surface area contributed by atoms with Gasteiger partial charge in [-0.2, -0.15) is 0 Å². The Morgan fingerprint density at radius 2 is 2.23 bits per heavy atom. The van der Waals surface area contributed by atoms with E-state index in [1.54, 1.807) is 13.8 Å². The highest BCUT2D eigenvalue weighted by molar-refractivity contribution is 7.89. The molecule has 1 fully saturated rings. The van der Waals surface area contributed by atoms with E-state index in [0.29, 0.717) is 5.69 Å². The molecule has 1 saturated carbocycles. The third-order valence-electron chi connectivity index (χ3n) is 3.97. The SMILES string of the molecule is Cc1noc(C)c1S(=O)(=O)NC[C@](O)(c1cccs1)C1CC1. The smallest absolute Gasteiger partial charge is 0.246 e. The molecule has 2 N–H and O–H groups in total. The van der Waals surface area contributed by atoms with Crippen molar-refractivity contribution in [2.45, 2.75) is 37.2 Å². The van der Waals surface area contributed by atoms with E-state index < -0.39 is 15.6 Å². The van der Waals surface area contributed by atoms with Crippen LogP contribution in [0.5, 0.6) is 0 Å². The Hall–Kier alpha value is -1.22. The van der Waals surface area contributed by atoms with Gasteiger partial charge in [-0.3, -0.25) is 0 Å². The van der Waals surface area contributed by atoms with Crippen molar-refractivity contribution in [1.82, 2.24) is 9.88 Å². The van der Waals surface area contributed by atoms with Crippen molar-refractivity contribution in [3.63, 3.8) is 0 Å². The molecule has 2 aromatic rings. The van der Waals surface area contributed by atoms with Crippen molar-refractivity contribution < 1.29 is 18.0 Å². The molecule has 0 radical (unpaired) electrons. The highest BCUT2D eigenvalue weighted by atomic mass is 32.2. The zero-order valence-electron chi connectivity index (χ0n) is 12.4. The van der Waals surface area contributed by atoms with Gasteiger partial charge in [0.2, 0.25) is 10.0 Å². The predicted octanol–water partition coefficient (Wildman–Crippen LogP) is 1.93. The maximum Gasteiger partial charge on any atom is 0.246 e. The minimum Gasteiger partial charge on any atom is -0.383 e. The monoisotopic (exact) mass is 342 g/mol. The lowest BCUT2D eigenvalue weighted by Gasteiger charge is -2.27. The Balaban J connectivity index is 1.84. The van der Waals surface area contributed by atoms with Crippen molar-refractivity contribution in [3.05, 3.63) is 33.8 Å². The normalized spacial score (nSPS) is 18.3. The maximum absolute atomic E-state index is 12.5. The topological polar surface area (TPSA) is 92.4 Å². The van der Waals surface area contributed by atoms with Gasteiger partial charge in [-0.15, -0.1) is 11.3 Å². The lowest BCUT2D eigenvalue weighted by molar-refractivity contribution is 0.0222. The Kier molecular flexibility index (Phi) is 3.88. The molecule has 0 aromatic carbocycles. The maximum atomic E-state index is 12.5. The highest BCUT2D eigenvalue weighted by Gasteiger charge is 2.46. The molecule has 2 aromatic heterocycles. The van der Waals surface area contributed by atoms with Crippen LogP contribution in [0.15, 0.2) is 26.9 Å². The lowest BCUT2D eigenvalue weighted by atomic mass is 9.96. The number of hydrogen-bond acceptors (Lipinski definition) is 6. The molecular weight excluding hydrogens is 324 g/mol. The molecule has 0 aliphatic heterocycles. The summed E-state index contributed by atoms with van der Waals surface area (Å²) in [4.78, 5) is 0.841. The van der Waals surface area contributed by atoms with Gasteiger partial charge in [-0.05, 0) is 44.1 Å². The average Bonchev–Trinajstić information content (AvgIpc) is 3.06. The van der Waals surface area contributed by atoms with Gasteiger partial charge in [0.25, 0.3) is 0 Å². The second-order valence-electron chi connectivity index (χ2n) is 5.65. The number of hydrogen-bond donors (Lipinski definition) is 2. The minimum atomic E-state index is -3.77. The largest absolute Gasteiger partial charge is 0.383 e. The van der Waals surface area contributed by atoms with Gasteiger partial charge in [-0.25, -0.2) is 13.1 Å². The Bertz CT molecular complexity index is 743. The van der Waals surface area contributed by atoms with Gasteiger partial charge in [0.1, 0.15) is 16.2 Å². The van der Waals surface area contributed by atoms with Crippen LogP contribution in [0, 0.1) is 19.8 Å². The molecule has 1 aliphatic rings. The van der Waals surface area contributed by atoms with Crippen LogP contribution in [0.1, 0.15) is 29.2 Å². The quantitative estimate of drug-likeness (QED) is 0.837. The Morgan fingerprint density at radius 3 is 2.73 bits per heavy atom. The van der Waals surface area contributed by atoms with Crippen molar-refractivity contribution in [3.8, 4) is 0 Å². The molecule has 3 rings (SSSR count). The molecule has 0 bridgehead atoms. The molecular formula is C14H18N2O4S2. The van der Waals surface area contributed by atoms with Crippen molar-refractivity contribution in [2.75, 3.05) is 6.54 Å². The first-order valence-corrected chi connectivity index (χ1v) is 9.40. The zero-order valence-corrected chi connectivity index (χ0v) is 14.0. The fourth-order valence-electron chi connectivity index (χ4n) is 2.65. The van der Waals surface area contributed by atoms with Crippen LogP contribution in [0.25, 0.3) is 0 Å². The van der Waals surface area contributed by atoms with E-state index >= 15 is 0 Å². The number of rotatable bonds is 6. The van der Waals surface area contributed by atoms with Crippen molar-refractivity contribution in [2.24, 2.45) is 5.92 Å². The first kappa shape index (κ1) is 15.7. The molecule has 0 saturated heterocycles. The summed E-state index contributed by atoms with van der Waals surface area (Å²) in [7, 11) is -3.77. The fourth-order valence-corrected chi connectivity index (χ4v) is 4.95. The number of sulfonamides is 1. The van der Waals surface area contributed by atoms with Crippen LogP contribution in [-0.4, -0.2) is 25.2 Å². The molecule has 22 heavy (non-hydrogen) atoms. The minimum absolute atomic E-state index is 0.0510. The molecule has 8 heteroatoms. The third-order valence-corrected chi connectivity index (χ3v) is 6.65. The summed E-state index contributed by atoms with van der Waals surface area (Å²) in [5.74, 6) is 0.342. The summed E-state index contributed by atoms with van der Waals surface area (Å²) in [6, 6.07) is 3.70. The fraction of sp³-hybridized carbons (Fsp3) is 0.500. The standard InChI is InChI=1S/C14H18N2O4S2/c1-9-13(10(2)20-16-9)22(18,19)15-8-14(17,11-5-6-11)12-4-3-7-21-12/h3-4,7,11,15,17H,5-6,8H2,1-2H3/t14-/m1/s1. The molecule has 0 unspecified atom stereocenters. The Labute approximate surface area is 133 Å². The van der Waals surface area contributed by atoms with Crippen LogP contribution in [0.2, 0.25) is 0 Å². The number of aliphatic hydroxyl groups is 1. The van der Waals surface area contributed by atoms with Crippen LogP contribution in [0.3, 0.4) is 0 Å². The Morgan fingerprint density at radius 1 is 1.50 bits per heavy atom. The zero-order chi connectivity index (χ0) is 16.0. The lowest BCUT2D eigenvalue weighted by Crippen LogP contribution is -2.42. The molecule has 1 atom stereocenters. The summed E-state index contributed by atoms with van der Waals surface area (Å²) >= 11 is 1.44. The third kappa shape index (κ3) is 2.71. The van der Waals surface area contributed by atoms with Gasteiger partial charge in [-0.1, -0.05) is 11.2 Å². The number of nitrogens with zero attached hydrogens (tertiary/aromatic N) is 1. The van der Waals surface area contributed by atoms with E-state index in [4.69, 9.17) is 4.52 Å². The first-order valence-electron chi connectivity index (χ1n) is 7.03. The first-order chi connectivity index (χ1) is 10.3. The van der Waals surface area contributed by atoms with E-state index in [1.807, 2.05) is 17.5 Å². The van der Waals surface area contributed by atoms with Gasteiger partial charge in [0.15, 0.2) is 5.76 Å². The van der Waals surface area contributed by atoms with Gasteiger partial charge >= 0.3 is 0 Å². The van der Waals surface area contributed by atoms with E-state index in [-0.39, 0.29) is 23.1 Å². The summed E-state index contributed by atoms with van der Waals surface area (Å²) in [6.45, 7) is 3.09. The van der Waals surface area contributed by atoms with Gasteiger partial charge in [0, 0.05) is 11.4 Å². The molecule has 1 aliphatic carbocycles. The van der Waals surface area contributed by atoms with Crippen molar-refractivity contribution in [1.29, 1.82) is 0 Å². The average molecular weight is 342 g/mol. The second kappa shape index (κ2) is 5.45. The second-order valence-corrected chi connectivity index (χ2v) is 8.31. The van der Waals surface area contributed by atoms with Crippen LogP contribution in [-0.2, 0) is 15.6 Å². The van der Waals surface area contributed by atoms with E-state index in [9.17, 15) is 13.5 Å². The van der Waals surface area contributed by atoms with Gasteiger partial charge < -0.3 is 9.63 Å². The molecule has 2 heterocycles. The van der Waals surface area contributed by atoms with Crippen LogP contribution in [0.4, 0.5) is 0 Å². The molecule has 0 spiro atoms. The molecule has 6 nitrogen and oxygen atoms in total. The van der Waals surface area contributed by atoms with E-state index in [2.05, 4.69) is 9.88 Å². The number of aromatic nitrogens is 1. The number of nitrogens with one attached hydrogen (secondary N) is 1. The van der Waals surface area contributed by atoms with E-state index in [1.165, 1.54) is 11.3 Å². The van der Waals surface area contributed by atoms with Crippen LogP contribution < -0.4 is 4.72 Å². The summed E-state index contributed by atoms with van der Waals surface area (Å²) in [5.41, 5.74) is -0.837.